The van der Waals surface area contributed by atoms with Crippen molar-refractivity contribution in [2.75, 3.05) is 19.7 Å². The van der Waals surface area contributed by atoms with E-state index < -0.39 is 6.61 Å². The van der Waals surface area contributed by atoms with Crippen molar-refractivity contribution in [3.63, 3.8) is 0 Å². The minimum Gasteiger partial charge on any atom is -0.490 e. The summed E-state index contributed by atoms with van der Waals surface area (Å²) in [5.41, 5.74) is 7.22. The van der Waals surface area contributed by atoms with Crippen LogP contribution in [0.2, 0.25) is 0 Å². The van der Waals surface area contributed by atoms with E-state index >= 15 is 0 Å². The minimum atomic E-state index is -2.85. The highest BCUT2D eigenvalue weighted by Crippen LogP contribution is 2.38. The molecule has 0 aromatic heterocycles. The van der Waals surface area contributed by atoms with Gasteiger partial charge in [-0.25, -0.2) is 0 Å². The number of hydrogen-bond acceptors (Lipinski definition) is 4. The van der Waals surface area contributed by atoms with Crippen LogP contribution in [0, 0.1) is 11.8 Å². The van der Waals surface area contributed by atoms with E-state index in [1.165, 1.54) is 6.42 Å². The van der Waals surface area contributed by atoms with Gasteiger partial charge in [0.1, 0.15) is 0 Å². The van der Waals surface area contributed by atoms with Crippen LogP contribution < -0.4 is 15.2 Å². The van der Waals surface area contributed by atoms with E-state index in [4.69, 9.17) is 10.5 Å². The van der Waals surface area contributed by atoms with Crippen molar-refractivity contribution in [2.24, 2.45) is 17.6 Å². The number of nitrogens with two attached hydrogens (primary N) is 1. The van der Waals surface area contributed by atoms with Gasteiger partial charge in [0.2, 0.25) is 0 Å². The van der Waals surface area contributed by atoms with Gasteiger partial charge in [0.15, 0.2) is 11.5 Å². The number of fused-ring (bicyclic) bond motifs is 1. The largest absolute Gasteiger partial charge is 0.490 e. The third-order valence-electron chi connectivity index (χ3n) is 4.92. The van der Waals surface area contributed by atoms with Crippen LogP contribution in [0.4, 0.5) is 8.78 Å². The minimum absolute atomic E-state index is 0.0888. The number of ether oxygens (including phenoxy) is 2. The highest BCUT2D eigenvalue weighted by atomic mass is 19.3. The van der Waals surface area contributed by atoms with Crippen molar-refractivity contribution >= 4 is 0 Å². The molecule has 2 fully saturated rings. The fourth-order valence-corrected chi connectivity index (χ4v) is 3.90. The van der Waals surface area contributed by atoms with E-state index in [1.54, 1.807) is 12.1 Å². The molecule has 3 rings (SSSR count). The molecule has 0 amide bonds. The molecule has 0 spiro atoms. The molecule has 3 unspecified atom stereocenters. The zero-order valence-electron chi connectivity index (χ0n) is 13.4. The Morgan fingerprint density at radius 1 is 1.26 bits per heavy atom. The monoisotopic (exact) mass is 326 g/mol. The molecular weight excluding hydrogens is 302 g/mol. The summed E-state index contributed by atoms with van der Waals surface area (Å²) in [4.78, 5) is 2.40. The molecule has 128 valence electrons. The molecule has 0 bridgehead atoms. The van der Waals surface area contributed by atoms with Gasteiger partial charge in [-0.15, -0.1) is 0 Å². The van der Waals surface area contributed by atoms with Crippen LogP contribution in [0.1, 0.15) is 25.3 Å². The maximum Gasteiger partial charge on any atom is 0.387 e. The van der Waals surface area contributed by atoms with Crippen molar-refractivity contribution in [2.45, 2.75) is 39.0 Å². The second kappa shape index (κ2) is 7.01. The average Bonchev–Trinajstić information content (AvgIpc) is 3.04. The lowest BCUT2D eigenvalue weighted by atomic mass is 9.98. The molecule has 4 nitrogen and oxygen atoms in total. The molecule has 3 atom stereocenters. The van der Waals surface area contributed by atoms with Crippen molar-refractivity contribution in [3.8, 4) is 11.5 Å². The van der Waals surface area contributed by atoms with Crippen molar-refractivity contribution < 1.29 is 18.3 Å². The van der Waals surface area contributed by atoms with E-state index in [0.717, 1.165) is 31.6 Å². The standard InChI is InChI=1S/C17H24F2N2O2/c1-2-22-16-7-11(3-6-15(16)23-17(18)19)8-21-9-12-4-5-14(20)13(12)10-21/h3,6-7,12-14,17H,2,4-5,8-10,20H2,1H3. The molecule has 1 aromatic carbocycles. The Hall–Kier alpha value is -1.40. The number of rotatable bonds is 6. The van der Waals surface area contributed by atoms with Gasteiger partial charge in [-0.05, 0) is 49.3 Å². The number of hydrogen-bond donors (Lipinski definition) is 1. The first-order chi connectivity index (χ1) is 11.1. The third kappa shape index (κ3) is 3.75. The number of likely N-dealkylation sites (tertiary alicyclic amines) is 1. The number of halogens is 2. The van der Waals surface area contributed by atoms with Crippen LogP contribution in [-0.4, -0.2) is 37.2 Å². The Bertz CT molecular complexity index is 541. The molecule has 0 radical (unpaired) electrons. The van der Waals surface area contributed by atoms with Gasteiger partial charge in [0.25, 0.3) is 0 Å². The van der Waals surface area contributed by atoms with Crippen LogP contribution in [0.15, 0.2) is 18.2 Å². The lowest BCUT2D eigenvalue weighted by Gasteiger charge is -2.19. The van der Waals surface area contributed by atoms with E-state index in [-0.39, 0.29) is 5.75 Å². The van der Waals surface area contributed by atoms with Crippen molar-refractivity contribution in [1.82, 2.24) is 4.90 Å². The second-order valence-electron chi connectivity index (χ2n) is 6.45. The smallest absolute Gasteiger partial charge is 0.387 e. The quantitative estimate of drug-likeness (QED) is 0.873. The van der Waals surface area contributed by atoms with E-state index in [9.17, 15) is 8.78 Å². The Kier molecular flexibility index (Phi) is 5.02. The highest BCUT2D eigenvalue weighted by molar-refractivity contribution is 5.43. The first-order valence-corrected chi connectivity index (χ1v) is 8.25. The molecule has 1 saturated heterocycles. The van der Waals surface area contributed by atoms with Crippen LogP contribution >= 0.6 is 0 Å². The molecule has 1 aliphatic heterocycles. The summed E-state index contributed by atoms with van der Waals surface area (Å²) in [7, 11) is 0. The summed E-state index contributed by atoms with van der Waals surface area (Å²) in [6, 6.07) is 5.52. The topological polar surface area (TPSA) is 47.7 Å². The predicted molar refractivity (Wildman–Crippen MR) is 83.7 cm³/mol. The summed E-state index contributed by atoms with van der Waals surface area (Å²) in [6.45, 7) is 2.25. The van der Waals surface area contributed by atoms with Crippen molar-refractivity contribution in [1.29, 1.82) is 0 Å². The molecule has 2 aliphatic rings. The van der Waals surface area contributed by atoms with Crippen molar-refractivity contribution in [3.05, 3.63) is 23.8 Å². The van der Waals surface area contributed by atoms with Gasteiger partial charge < -0.3 is 15.2 Å². The lowest BCUT2D eigenvalue weighted by molar-refractivity contribution is -0.0514. The van der Waals surface area contributed by atoms with Crippen LogP contribution in [0.5, 0.6) is 11.5 Å². The fraction of sp³-hybridized carbons (Fsp3) is 0.647. The van der Waals surface area contributed by atoms with Gasteiger partial charge in [-0.1, -0.05) is 6.07 Å². The zero-order chi connectivity index (χ0) is 16.4. The normalized spacial score (nSPS) is 27.4. The molecule has 23 heavy (non-hydrogen) atoms. The van der Waals surface area contributed by atoms with Crippen LogP contribution in [0.3, 0.4) is 0 Å². The number of benzene rings is 1. The Balaban J connectivity index is 1.67. The van der Waals surface area contributed by atoms with Gasteiger partial charge in [-0.2, -0.15) is 8.78 Å². The van der Waals surface area contributed by atoms with Gasteiger partial charge in [0, 0.05) is 25.7 Å². The molecule has 1 heterocycles. The summed E-state index contributed by atoms with van der Waals surface area (Å²) in [6.07, 6.45) is 2.35. The molecule has 1 saturated carbocycles. The first-order valence-electron chi connectivity index (χ1n) is 8.25. The van der Waals surface area contributed by atoms with Crippen LogP contribution in [-0.2, 0) is 6.54 Å². The number of alkyl halides is 2. The van der Waals surface area contributed by atoms with Gasteiger partial charge in [0.05, 0.1) is 6.61 Å². The van der Waals surface area contributed by atoms with E-state index in [0.29, 0.717) is 30.2 Å². The first kappa shape index (κ1) is 16.5. The SMILES string of the molecule is CCOc1cc(CN2CC3CCC(N)C3C2)ccc1OC(F)F. The van der Waals surface area contributed by atoms with Crippen LogP contribution in [0.25, 0.3) is 0 Å². The fourth-order valence-electron chi connectivity index (χ4n) is 3.90. The zero-order valence-corrected chi connectivity index (χ0v) is 13.4. The third-order valence-corrected chi connectivity index (χ3v) is 4.92. The maximum absolute atomic E-state index is 12.4. The summed E-state index contributed by atoms with van der Waals surface area (Å²) >= 11 is 0. The Labute approximate surface area is 135 Å². The second-order valence-corrected chi connectivity index (χ2v) is 6.45. The molecular formula is C17H24F2N2O2. The molecule has 2 N–H and O–H groups in total. The lowest BCUT2D eigenvalue weighted by Crippen LogP contribution is -2.30. The molecule has 1 aromatic rings. The Morgan fingerprint density at radius 2 is 2.09 bits per heavy atom. The number of nitrogens with zero attached hydrogens (tertiary/aromatic N) is 1. The van der Waals surface area contributed by atoms with E-state index in [1.807, 2.05) is 13.0 Å². The molecule has 6 heteroatoms. The summed E-state index contributed by atoms with van der Waals surface area (Å²) < 4.78 is 34.8. The average molecular weight is 326 g/mol. The Morgan fingerprint density at radius 3 is 2.78 bits per heavy atom. The van der Waals surface area contributed by atoms with Gasteiger partial charge in [-0.3, -0.25) is 4.90 Å². The predicted octanol–water partition coefficient (Wildman–Crippen LogP) is 2.86. The summed E-state index contributed by atoms with van der Waals surface area (Å²) in [5, 5.41) is 0. The van der Waals surface area contributed by atoms with Gasteiger partial charge >= 0.3 is 6.61 Å². The van der Waals surface area contributed by atoms with E-state index in [2.05, 4.69) is 9.64 Å². The highest BCUT2D eigenvalue weighted by Gasteiger charge is 2.40. The maximum atomic E-state index is 12.4. The molecule has 1 aliphatic carbocycles. The summed E-state index contributed by atoms with van der Waals surface area (Å²) in [5.74, 6) is 1.77.